The molecule has 38 heavy (non-hydrogen) atoms. The molecule has 0 radical (unpaired) electrons. The van der Waals surface area contributed by atoms with Crippen molar-refractivity contribution in [3.8, 4) is 0 Å². The van der Waals surface area contributed by atoms with Crippen molar-refractivity contribution in [2.45, 2.75) is 26.3 Å². The number of rotatable bonds is 8. The summed E-state index contributed by atoms with van der Waals surface area (Å²) in [7, 11) is 0. The number of hydrogen-bond acceptors (Lipinski definition) is 4. The first-order valence-electron chi connectivity index (χ1n) is 12.2. The molecular weight excluding hydrogens is 525 g/mol. The summed E-state index contributed by atoms with van der Waals surface area (Å²) in [6.07, 6.45) is 0.694. The van der Waals surface area contributed by atoms with E-state index in [-0.39, 0.29) is 12.6 Å². The third-order valence-corrected chi connectivity index (χ3v) is 6.36. The van der Waals surface area contributed by atoms with Gasteiger partial charge in [0.15, 0.2) is 0 Å². The van der Waals surface area contributed by atoms with Gasteiger partial charge in [0.05, 0.1) is 23.9 Å². The molecule has 2 N–H and O–H groups in total. The van der Waals surface area contributed by atoms with Gasteiger partial charge >= 0.3 is 12.0 Å². The summed E-state index contributed by atoms with van der Waals surface area (Å²) in [6.45, 7) is 4.30. The zero-order chi connectivity index (χ0) is 27.2. The van der Waals surface area contributed by atoms with Crippen molar-refractivity contribution >= 4 is 52.5 Å². The Morgan fingerprint density at radius 2 is 1.68 bits per heavy atom. The van der Waals surface area contributed by atoms with Crippen LogP contribution in [-0.2, 0) is 9.53 Å². The van der Waals surface area contributed by atoms with E-state index in [4.69, 9.17) is 27.9 Å². The predicted molar refractivity (Wildman–Crippen MR) is 149 cm³/mol. The Hall–Kier alpha value is -3.81. The summed E-state index contributed by atoms with van der Waals surface area (Å²) in [6, 6.07) is 19.7. The summed E-state index contributed by atoms with van der Waals surface area (Å²) < 4.78 is 5.45. The third-order valence-electron chi connectivity index (χ3n) is 5.92. The fourth-order valence-corrected chi connectivity index (χ4v) is 4.89. The number of nitrogens with zero attached hydrogens (tertiary/aromatic N) is 1. The molecule has 0 saturated heterocycles. The molecular formula is C29H27Cl2N3O4. The van der Waals surface area contributed by atoms with E-state index in [0.717, 1.165) is 5.56 Å². The molecule has 0 aromatic heterocycles. The highest BCUT2D eigenvalue weighted by Crippen LogP contribution is 2.37. The number of hydrogen-bond donors (Lipinski definition) is 2. The van der Waals surface area contributed by atoms with Gasteiger partial charge in [-0.15, -0.1) is 0 Å². The van der Waals surface area contributed by atoms with Crippen molar-refractivity contribution in [3.63, 3.8) is 0 Å². The van der Waals surface area contributed by atoms with Crippen LogP contribution in [0.15, 0.2) is 78.4 Å². The molecule has 3 aromatic rings. The molecule has 9 heteroatoms. The number of carbonyl (C=O) groups is 3. The van der Waals surface area contributed by atoms with Gasteiger partial charge < -0.3 is 15.4 Å². The number of halogens is 2. The SMILES string of the molecule is CCCN1C(=O)NC(c2cccc(NC(=O)c3cc(Cl)cc(Cl)c3)c2)C(C(=O)OCC)=C1c1ccccc1. The molecule has 0 spiro atoms. The second-order valence-corrected chi connectivity index (χ2v) is 9.49. The minimum absolute atomic E-state index is 0.178. The molecule has 1 aliphatic heterocycles. The third kappa shape index (κ3) is 6.01. The van der Waals surface area contributed by atoms with E-state index in [9.17, 15) is 14.4 Å². The fraction of sp³-hybridized carbons (Fsp3) is 0.207. The van der Waals surface area contributed by atoms with Crippen LogP contribution in [0, 0.1) is 0 Å². The normalized spacial score (nSPS) is 15.2. The summed E-state index contributed by atoms with van der Waals surface area (Å²) in [5, 5.41) is 6.48. The maximum atomic E-state index is 13.4. The van der Waals surface area contributed by atoms with E-state index in [1.807, 2.05) is 37.3 Å². The van der Waals surface area contributed by atoms with Crippen molar-refractivity contribution in [3.05, 3.63) is 105 Å². The minimum atomic E-state index is -0.803. The molecule has 1 atom stereocenters. The lowest BCUT2D eigenvalue weighted by atomic mass is 9.91. The lowest BCUT2D eigenvalue weighted by molar-refractivity contribution is -0.138. The van der Waals surface area contributed by atoms with Crippen molar-refractivity contribution in [2.75, 3.05) is 18.5 Å². The van der Waals surface area contributed by atoms with E-state index in [0.29, 0.717) is 51.1 Å². The molecule has 3 amide bonds. The zero-order valence-corrected chi connectivity index (χ0v) is 22.5. The van der Waals surface area contributed by atoms with Crippen LogP contribution in [0.1, 0.15) is 47.8 Å². The molecule has 1 aliphatic rings. The molecule has 1 heterocycles. The molecule has 196 valence electrons. The smallest absolute Gasteiger partial charge is 0.338 e. The Bertz CT molecular complexity index is 1370. The highest BCUT2D eigenvalue weighted by Gasteiger charge is 2.38. The van der Waals surface area contributed by atoms with E-state index < -0.39 is 17.9 Å². The Kier molecular flexibility index (Phi) is 8.71. The second-order valence-electron chi connectivity index (χ2n) is 8.62. The predicted octanol–water partition coefficient (Wildman–Crippen LogP) is 6.70. The summed E-state index contributed by atoms with van der Waals surface area (Å²) in [5.74, 6) is -0.931. The molecule has 0 bridgehead atoms. The topological polar surface area (TPSA) is 87.7 Å². The Morgan fingerprint density at radius 3 is 2.34 bits per heavy atom. The van der Waals surface area contributed by atoms with E-state index in [1.54, 1.807) is 42.2 Å². The van der Waals surface area contributed by atoms with Crippen molar-refractivity contribution < 1.29 is 19.1 Å². The Balaban J connectivity index is 1.78. The first-order chi connectivity index (χ1) is 18.3. The van der Waals surface area contributed by atoms with Gasteiger partial charge in [-0.2, -0.15) is 0 Å². The number of ether oxygens (including phenoxy) is 1. The largest absolute Gasteiger partial charge is 0.463 e. The lowest BCUT2D eigenvalue weighted by Crippen LogP contribution is -2.48. The van der Waals surface area contributed by atoms with Crippen molar-refractivity contribution in [1.29, 1.82) is 0 Å². The quantitative estimate of drug-likeness (QED) is 0.305. The average molecular weight is 552 g/mol. The molecule has 0 aliphatic carbocycles. The highest BCUT2D eigenvalue weighted by atomic mass is 35.5. The van der Waals surface area contributed by atoms with Gasteiger partial charge in [0.2, 0.25) is 0 Å². The highest BCUT2D eigenvalue weighted by molar-refractivity contribution is 6.35. The molecule has 0 saturated carbocycles. The Labute approximate surface area is 231 Å². The van der Waals surface area contributed by atoms with Crippen molar-refractivity contribution in [1.82, 2.24) is 10.2 Å². The molecule has 3 aromatic carbocycles. The van der Waals surface area contributed by atoms with Crippen LogP contribution < -0.4 is 10.6 Å². The van der Waals surface area contributed by atoms with Gasteiger partial charge in [0.25, 0.3) is 5.91 Å². The fourth-order valence-electron chi connectivity index (χ4n) is 4.36. The number of benzene rings is 3. The summed E-state index contributed by atoms with van der Waals surface area (Å²) >= 11 is 12.1. The Morgan fingerprint density at radius 1 is 0.974 bits per heavy atom. The maximum Gasteiger partial charge on any atom is 0.338 e. The van der Waals surface area contributed by atoms with Crippen LogP contribution in [0.5, 0.6) is 0 Å². The standard InChI is InChI=1S/C29H27Cl2N3O4/c1-3-13-34-26(18-9-6-5-7-10-18)24(28(36)38-4-2)25(33-29(34)37)19-11-8-12-23(16-19)32-27(35)20-14-21(30)17-22(31)15-20/h5-12,14-17,25H,3-4,13H2,1-2H3,(H,32,35)(H,33,37). The average Bonchev–Trinajstić information content (AvgIpc) is 2.89. The van der Waals surface area contributed by atoms with Gasteiger partial charge in [-0.1, -0.05) is 72.6 Å². The number of carbonyl (C=O) groups excluding carboxylic acids is 3. The zero-order valence-electron chi connectivity index (χ0n) is 21.0. The summed E-state index contributed by atoms with van der Waals surface area (Å²) in [4.78, 5) is 41.2. The lowest BCUT2D eigenvalue weighted by Gasteiger charge is -2.37. The number of anilines is 1. The van der Waals surface area contributed by atoms with E-state index in [1.165, 1.54) is 12.1 Å². The van der Waals surface area contributed by atoms with Crippen molar-refractivity contribution in [2.24, 2.45) is 0 Å². The monoisotopic (exact) mass is 551 g/mol. The second kappa shape index (κ2) is 12.2. The van der Waals surface area contributed by atoms with Gasteiger partial charge in [-0.05, 0) is 54.8 Å². The van der Waals surface area contributed by atoms with Crippen LogP contribution in [0.2, 0.25) is 10.0 Å². The first-order valence-corrected chi connectivity index (χ1v) is 13.0. The number of nitrogens with one attached hydrogen (secondary N) is 2. The molecule has 4 rings (SSSR count). The number of urea groups is 1. The van der Waals surface area contributed by atoms with Crippen LogP contribution in [0.25, 0.3) is 5.70 Å². The van der Waals surface area contributed by atoms with Crippen LogP contribution in [0.4, 0.5) is 10.5 Å². The number of amides is 3. The van der Waals surface area contributed by atoms with Gasteiger partial charge in [-0.3, -0.25) is 9.69 Å². The van der Waals surface area contributed by atoms with Crippen LogP contribution >= 0.6 is 23.2 Å². The first kappa shape index (κ1) is 27.2. The molecule has 1 unspecified atom stereocenters. The van der Waals surface area contributed by atoms with E-state index >= 15 is 0 Å². The van der Waals surface area contributed by atoms with E-state index in [2.05, 4.69) is 10.6 Å². The molecule has 0 fully saturated rings. The number of esters is 1. The van der Waals surface area contributed by atoms with Crippen LogP contribution in [-0.4, -0.2) is 36.0 Å². The van der Waals surface area contributed by atoms with Gasteiger partial charge in [0.1, 0.15) is 0 Å². The summed E-state index contributed by atoms with van der Waals surface area (Å²) in [5.41, 5.74) is 2.92. The minimum Gasteiger partial charge on any atom is -0.463 e. The maximum absolute atomic E-state index is 13.4. The van der Waals surface area contributed by atoms with Gasteiger partial charge in [0, 0.05) is 27.8 Å². The van der Waals surface area contributed by atoms with Crippen LogP contribution in [0.3, 0.4) is 0 Å². The van der Waals surface area contributed by atoms with Gasteiger partial charge in [-0.25, -0.2) is 9.59 Å². The molecule has 7 nitrogen and oxygen atoms in total.